The van der Waals surface area contributed by atoms with Crippen LogP contribution in [0.1, 0.15) is 15.2 Å². The van der Waals surface area contributed by atoms with Gasteiger partial charge in [-0.25, -0.2) is 23.1 Å². The standard InChI is InChI=1S/C17H14F3N5OS/c1-9-13(11-4-2-3-6-21-11)24-17(27-9)23-12-8-10(5-7-22-12)16(26)25-15(20)14(18)19/h2-8,14-15H,1H3,(H,25,26)(H,22,23,24). The lowest BCUT2D eigenvalue weighted by atomic mass is 10.2. The molecule has 0 aliphatic heterocycles. The lowest BCUT2D eigenvalue weighted by Gasteiger charge is -2.10. The molecule has 3 aromatic heterocycles. The number of rotatable bonds is 6. The second-order valence-corrected chi connectivity index (χ2v) is 6.61. The second-order valence-electron chi connectivity index (χ2n) is 5.40. The molecule has 1 unspecified atom stereocenters. The van der Waals surface area contributed by atoms with Gasteiger partial charge in [-0.3, -0.25) is 9.78 Å². The molecule has 3 heterocycles. The van der Waals surface area contributed by atoms with Crippen molar-refractivity contribution in [1.82, 2.24) is 20.3 Å². The summed E-state index contributed by atoms with van der Waals surface area (Å²) >= 11 is 1.37. The molecule has 0 bridgehead atoms. The Morgan fingerprint density at radius 1 is 1.15 bits per heavy atom. The van der Waals surface area contributed by atoms with Crippen molar-refractivity contribution in [3.8, 4) is 11.4 Å². The normalized spacial score (nSPS) is 12.0. The number of amides is 1. The van der Waals surface area contributed by atoms with Gasteiger partial charge in [0, 0.05) is 22.8 Å². The topological polar surface area (TPSA) is 79.8 Å². The van der Waals surface area contributed by atoms with E-state index in [2.05, 4.69) is 20.3 Å². The predicted octanol–water partition coefficient (Wildman–Crippen LogP) is 3.94. The summed E-state index contributed by atoms with van der Waals surface area (Å²) in [5.41, 5.74) is 1.43. The number of pyridine rings is 2. The van der Waals surface area contributed by atoms with Gasteiger partial charge in [0.25, 0.3) is 12.3 Å². The summed E-state index contributed by atoms with van der Waals surface area (Å²) in [5.74, 6) is -0.686. The van der Waals surface area contributed by atoms with Gasteiger partial charge in [0.2, 0.25) is 6.30 Å². The van der Waals surface area contributed by atoms with Crippen LogP contribution in [0.4, 0.5) is 24.1 Å². The molecule has 0 saturated carbocycles. The maximum Gasteiger partial charge on any atom is 0.287 e. The number of aryl methyl sites for hydroxylation is 1. The lowest BCUT2D eigenvalue weighted by molar-refractivity contribution is 0.0287. The number of nitrogens with one attached hydrogen (secondary N) is 2. The van der Waals surface area contributed by atoms with Crippen LogP contribution in [0.25, 0.3) is 11.4 Å². The molecule has 2 N–H and O–H groups in total. The monoisotopic (exact) mass is 393 g/mol. The molecule has 0 aromatic carbocycles. The van der Waals surface area contributed by atoms with Gasteiger partial charge >= 0.3 is 0 Å². The van der Waals surface area contributed by atoms with E-state index < -0.39 is 18.6 Å². The zero-order valence-electron chi connectivity index (χ0n) is 14.0. The molecule has 140 valence electrons. The highest BCUT2D eigenvalue weighted by atomic mass is 32.1. The van der Waals surface area contributed by atoms with Crippen molar-refractivity contribution in [1.29, 1.82) is 0 Å². The summed E-state index contributed by atoms with van der Waals surface area (Å²) in [6.45, 7) is 1.90. The van der Waals surface area contributed by atoms with E-state index >= 15 is 0 Å². The fourth-order valence-electron chi connectivity index (χ4n) is 2.21. The maximum atomic E-state index is 13.0. The van der Waals surface area contributed by atoms with Crippen LogP contribution in [0.5, 0.6) is 0 Å². The zero-order chi connectivity index (χ0) is 19.4. The molecule has 0 radical (unpaired) electrons. The Morgan fingerprint density at radius 2 is 1.96 bits per heavy atom. The molecule has 0 aliphatic carbocycles. The van der Waals surface area contributed by atoms with Gasteiger partial charge in [0.15, 0.2) is 5.13 Å². The first-order valence-corrected chi connectivity index (χ1v) is 8.60. The Balaban J connectivity index is 1.76. The quantitative estimate of drug-likeness (QED) is 0.620. The highest BCUT2D eigenvalue weighted by molar-refractivity contribution is 7.16. The molecule has 0 fully saturated rings. The van der Waals surface area contributed by atoms with E-state index in [-0.39, 0.29) is 11.4 Å². The third-order valence-corrected chi connectivity index (χ3v) is 4.34. The number of hydrogen-bond acceptors (Lipinski definition) is 6. The van der Waals surface area contributed by atoms with Gasteiger partial charge in [0.05, 0.1) is 5.69 Å². The predicted molar refractivity (Wildman–Crippen MR) is 96.0 cm³/mol. The van der Waals surface area contributed by atoms with Gasteiger partial charge < -0.3 is 10.6 Å². The number of hydrogen-bond donors (Lipinski definition) is 2. The fourth-order valence-corrected chi connectivity index (χ4v) is 3.04. The average molecular weight is 393 g/mol. The van der Waals surface area contributed by atoms with Crippen molar-refractivity contribution in [2.75, 3.05) is 5.32 Å². The number of halogens is 3. The van der Waals surface area contributed by atoms with Crippen LogP contribution in [0.2, 0.25) is 0 Å². The second kappa shape index (κ2) is 8.12. The van der Waals surface area contributed by atoms with Gasteiger partial charge in [0.1, 0.15) is 11.5 Å². The molecule has 0 aliphatic rings. The molecule has 6 nitrogen and oxygen atoms in total. The van der Waals surface area contributed by atoms with E-state index in [9.17, 15) is 18.0 Å². The third-order valence-electron chi connectivity index (χ3n) is 3.45. The van der Waals surface area contributed by atoms with Crippen LogP contribution in [-0.2, 0) is 0 Å². The van der Waals surface area contributed by atoms with Crippen LogP contribution in [0, 0.1) is 6.92 Å². The van der Waals surface area contributed by atoms with E-state index in [1.165, 1.54) is 29.7 Å². The largest absolute Gasteiger partial charge is 0.318 e. The van der Waals surface area contributed by atoms with Crippen molar-refractivity contribution in [3.05, 3.63) is 53.2 Å². The van der Waals surface area contributed by atoms with E-state index in [4.69, 9.17) is 0 Å². The Bertz CT molecular complexity index is 935. The summed E-state index contributed by atoms with van der Waals surface area (Å²) in [6, 6.07) is 8.12. The summed E-state index contributed by atoms with van der Waals surface area (Å²) in [4.78, 5) is 25.6. The molecule has 27 heavy (non-hydrogen) atoms. The molecule has 1 atom stereocenters. The SMILES string of the molecule is Cc1sc(Nc2cc(C(=O)NC(F)C(F)F)ccn2)nc1-c1ccccn1. The van der Waals surface area contributed by atoms with Crippen molar-refractivity contribution in [2.45, 2.75) is 19.6 Å². The Labute approximate surface area is 156 Å². The molecule has 0 spiro atoms. The maximum absolute atomic E-state index is 13.0. The van der Waals surface area contributed by atoms with Crippen LogP contribution >= 0.6 is 11.3 Å². The summed E-state index contributed by atoms with van der Waals surface area (Å²) in [7, 11) is 0. The smallest absolute Gasteiger partial charge is 0.287 e. The highest BCUT2D eigenvalue weighted by Crippen LogP contribution is 2.30. The minimum absolute atomic E-state index is 0.00553. The molecular formula is C17H14F3N5OS. The first kappa shape index (κ1) is 18.8. The van der Waals surface area contributed by atoms with Crippen LogP contribution < -0.4 is 10.6 Å². The molecule has 0 saturated heterocycles. The van der Waals surface area contributed by atoms with E-state index in [0.29, 0.717) is 10.8 Å². The number of anilines is 2. The average Bonchev–Trinajstić information content (AvgIpc) is 3.02. The Hall–Kier alpha value is -3.01. The van der Waals surface area contributed by atoms with Crippen LogP contribution in [0.15, 0.2) is 42.7 Å². The zero-order valence-corrected chi connectivity index (χ0v) is 14.8. The van der Waals surface area contributed by atoms with E-state index in [1.54, 1.807) is 17.6 Å². The molecule has 3 rings (SSSR count). The molecule has 3 aromatic rings. The first-order valence-electron chi connectivity index (χ1n) is 7.79. The number of carbonyl (C=O) groups excluding carboxylic acids is 1. The summed E-state index contributed by atoms with van der Waals surface area (Å²) in [6.07, 6.45) is -3.05. The van der Waals surface area contributed by atoms with Crippen LogP contribution in [0.3, 0.4) is 0 Å². The first-order chi connectivity index (χ1) is 12.9. The Kier molecular flexibility index (Phi) is 5.65. The minimum Gasteiger partial charge on any atom is -0.318 e. The van der Waals surface area contributed by atoms with Crippen molar-refractivity contribution in [3.63, 3.8) is 0 Å². The minimum atomic E-state index is -3.29. The number of aromatic nitrogens is 3. The van der Waals surface area contributed by atoms with Gasteiger partial charge in [-0.05, 0) is 31.2 Å². The van der Waals surface area contributed by atoms with E-state index in [0.717, 1.165) is 10.6 Å². The lowest BCUT2D eigenvalue weighted by Crippen LogP contribution is -2.36. The fraction of sp³-hybridized carbons (Fsp3) is 0.176. The van der Waals surface area contributed by atoms with Crippen LogP contribution in [-0.4, -0.2) is 33.6 Å². The van der Waals surface area contributed by atoms with Gasteiger partial charge in [-0.15, -0.1) is 11.3 Å². The van der Waals surface area contributed by atoms with Crippen molar-refractivity contribution in [2.24, 2.45) is 0 Å². The van der Waals surface area contributed by atoms with Crippen molar-refractivity contribution >= 4 is 28.2 Å². The third kappa shape index (κ3) is 4.59. The summed E-state index contributed by atoms with van der Waals surface area (Å²) in [5, 5.41) is 5.06. The number of carbonyl (C=O) groups is 1. The molecule has 1 amide bonds. The van der Waals surface area contributed by atoms with Gasteiger partial charge in [-0.1, -0.05) is 6.07 Å². The number of alkyl halides is 3. The van der Waals surface area contributed by atoms with E-state index in [1.807, 2.05) is 19.1 Å². The van der Waals surface area contributed by atoms with Crippen molar-refractivity contribution < 1.29 is 18.0 Å². The molecule has 10 heteroatoms. The number of thiazole rings is 1. The van der Waals surface area contributed by atoms with Gasteiger partial charge in [-0.2, -0.15) is 0 Å². The summed E-state index contributed by atoms with van der Waals surface area (Å²) < 4.78 is 37.4. The highest BCUT2D eigenvalue weighted by Gasteiger charge is 2.22. The Morgan fingerprint density at radius 3 is 2.67 bits per heavy atom. The number of nitrogens with zero attached hydrogens (tertiary/aromatic N) is 3. The molecular weight excluding hydrogens is 379 g/mol.